The lowest BCUT2D eigenvalue weighted by Gasteiger charge is -2.25. The van der Waals surface area contributed by atoms with Gasteiger partial charge >= 0.3 is 6.18 Å². The van der Waals surface area contributed by atoms with Crippen molar-refractivity contribution in [3.63, 3.8) is 0 Å². The standard InChI is InChI=1S/C20H26F4N2O6/c1-4-11(30-3)6-5-10(2)7-12-17(20(22,23)24)25-26-18(12)32-19-16(29)14(28)8-13(21)15(9-27)31-19/h4-6,13-16,19,27-29H,2,7-9H2,1,3H3,(H,25,26)/b6-5-,11-4+. The molecule has 0 saturated carbocycles. The van der Waals surface area contributed by atoms with Gasteiger partial charge in [-0.05, 0) is 19.1 Å². The highest BCUT2D eigenvalue weighted by atomic mass is 19.4. The summed E-state index contributed by atoms with van der Waals surface area (Å²) in [7, 11) is 1.43. The highest BCUT2D eigenvalue weighted by molar-refractivity contribution is 5.38. The predicted octanol–water partition coefficient (Wildman–Crippen LogP) is 2.18. The first-order valence-electron chi connectivity index (χ1n) is 9.65. The molecule has 32 heavy (non-hydrogen) atoms. The number of aromatic amines is 1. The number of ether oxygens (including phenoxy) is 3. The molecule has 1 saturated heterocycles. The smallest absolute Gasteiger partial charge is 0.433 e. The van der Waals surface area contributed by atoms with Gasteiger partial charge in [-0.25, -0.2) is 4.39 Å². The number of aliphatic hydroxyl groups is 3. The van der Waals surface area contributed by atoms with Crippen molar-refractivity contribution in [2.24, 2.45) is 0 Å². The van der Waals surface area contributed by atoms with Gasteiger partial charge in [0.1, 0.15) is 29.8 Å². The zero-order chi connectivity index (χ0) is 24.1. The normalized spacial score (nSPS) is 27.4. The van der Waals surface area contributed by atoms with Crippen LogP contribution in [0.5, 0.6) is 5.88 Å². The molecule has 0 aromatic carbocycles. The van der Waals surface area contributed by atoms with Crippen LogP contribution < -0.4 is 4.74 Å². The number of H-pyrrole nitrogens is 1. The third-order valence-corrected chi connectivity index (χ3v) is 4.78. The number of nitrogens with one attached hydrogen (secondary N) is 1. The van der Waals surface area contributed by atoms with Crippen LogP contribution in [0.15, 0.2) is 36.1 Å². The molecule has 2 heterocycles. The van der Waals surface area contributed by atoms with Gasteiger partial charge in [0.15, 0.2) is 0 Å². The molecule has 0 bridgehead atoms. The van der Waals surface area contributed by atoms with Crippen molar-refractivity contribution in [2.75, 3.05) is 13.7 Å². The first-order chi connectivity index (χ1) is 15.0. The van der Waals surface area contributed by atoms with E-state index in [2.05, 4.69) is 11.7 Å². The van der Waals surface area contributed by atoms with E-state index in [9.17, 15) is 32.9 Å². The van der Waals surface area contributed by atoms with Gasteiger partial charge in [-0.1, -0.05) is 18.2 Å². The summed E-state index contributed by atoms with van der Waals surface area (Å²) in [5, 5.41) is 34.8. The van der Waals surface area contributed by atoms with Crippen LogP contribution in [0.2, 0.25) is 0 Å². The molecule has 180 valence electrons. The Morgan fingerprint density at radius 3 is 2.59 bits per heavy atom. The van der Waals surface area contributed by atoms with Gasteiger partial charge in [0.05, 0.1) is 25.4 Å². The van der Waals surface area contributed by atoms with Crippen molar-refractivity contribution in [1.29, 1.82) is 0 Å². The maximum Gasteiger partial charge on any atom is 0.433 e. The Morgan fingerprint density at radius 1 is 1.34 bits per heavy atom. The van der Waals surface area contributed by atoms with Crippen molar-refractivity contribution in [3.05, 3.63) is 47.4 Å². The van der Waals surface area contributed by atoms with Crippen LogP contribution in [0, 0.1) is 0 Å². The monoisotopic (exact) mass is 466 g/mol. The first kappa shape index (κ1) is 25.8. The number of methoxy groups -OCH3 is 1. The van der Waals surface area contributed by atoms with E-state index >= 15 is 0 Å². The van der Waals surface area contributed by atoms with Crippen LogP contribution in [-0.2, 0) is 22.1 Å². The summed E-state index contributed by atoms with van der Waals surface area (Å²) in [4.78, 5) is 0. The molecule has 8 nitrogen and oxygen atoms in total. The van der Waals surface area contributed by atoms with E-state index in [1.54, 1.807) is 13.0 Å². The summed E-state index contributed by atoms with van der Waals surface area (Å²) in [6, 6.07) is 0. The highest BCUT2D eigenvalue weighted by Crippen LogP contribution is 2.36. The Bertz CT molecular complexity index is 839. The van der Waals surface area contributed by atoms with Crippen molar-refractivity contribution in [3.8, 4) is 5.88 Å². The van der Waals surface area contributed by atoms with E-state index in [1.165, 1.54) is 19.3 Å². The second kappa shape index (κ2) is 10.9. The molecule has 12 heteroatoms. The molecular formula is C20H26F4N2O6. The lowest BCUT2D eigenvalue weighted by molar-refractivity contribution is -0.193. The molecule has 5 unspecified atom stereocenters. The molecule has 0 aliphatic carbocycles. The first-order valence-corrected chi connectivity index (χ1v) is 9.65. The van der Waals surface area contributed by atoms with Gasteiger partial charge in [-0.15, -0.1) is 5.10 Å². The zero-order valence-corrected chi connectivity index (χ0v) is 17.5. The molecule has 5 atom stereocenters. The maximum atomic E-state index is 14.0. The summed E-state index contributed by atoms with van der Waals surface area (Å²) in [5.74, 6) is -0.110. The molecule has 1 aliphatic rings. The van der Waals surface area contributed by atoms with E-state index in [-0.39, 0.29) is 12.0 Å². The van der Waals surface area contributed by atoms with Gasteiger partial charge < -0.3 is 29.5 Å². The lowest BCUT2D eigenvalue weighted by atomic mass is 10.1. The zero-order valence-electron chi connectivity index (χ0n) is 17.5. The van der Waals surface area contributed by atoms with Crippen LogP contribution in [0.1, 0.15) is 24.6 Å². The van der Waals surface area contributed by atoms with E-state index in [0.717, 1.165) is 0 Å². The Hall–Kier alpha value is -2.41. The molecular weight excluding hydrogens is 440 g/mol. The molecule has 1 aromatic heterocycles. The summed E-state index contributed by atoms with van der Waals surface area (Å²) >= 11 is 0. The number of hydrogen-bond acceptors (Lipinski definition) is 7. The highest BCUT2D eigenvalue weighted by Gasteiger charge is 2.42. The lowest BCUT2D eigenvalue weighted by Crippen LogP contribution is -2.42. The average Bonchev–Trinajstić information content (AvgIpc) is 3.09. The number of halogens is 4. The topological polar surface area (TPSA) is 117 Å². The average molecular weight is 466 g/mol. The fourth-order valence-electron chi connectivity index (χ4n) is 3.02. The second-order valence-electron chi connectivity index (χ2n) is 7.10. The molecule has 0 radical (unpaired) electrons. The van der Waals surface area contributed by atoms with Crippen LogP contribution in [0.3, 0.4) is 0 Å². The summed E-state index contributed by atoms with van der Waals surface area (Å²) in [5.41, 5.74) is -1.39. The molecule has 0 amide bonds. The number of alkyl halides is 4. The Balaban J connectivity index is 2.33. The Labute approximate surface area is 181 Å². The van der Waals surface area contributed by atoms with Crippen LogP contribution in [0.25, 0.3) is 0 Å². The molecule has 4 N–H and O–H groups in total. The molecule has 1 aromatic rings. The van der Waals surface area contributed by atoms with Crippen LogP contribution >= 0.6 is 0 Å². The van der Waals surface area contributed by atoms with Crippen LogP contribution in [0.4, 0.5) is 17.6 Å². The minimum atomic E-state index is -4.81. The minimum Gasteiger partial charge on any atom is -0.497 e. The Kier molecular flexibility index (Phi) is 8.84. The molecule has 0 spiro atoms. The third kappa shape index (κ3) is 6.31. The number of allylic oxidation sites excluding steroid dienone is 4. The number of hydrogen-bond donors (Lipinski definition) is 4. The van der Waals surface area contributed by atoms with Crippen LogP contribution in [-0.4, -0.2) is 70.0 Å². The van der Waals surface area contributed by atoms with Crippen molar-refractivity contribution in [1.82, 2.24) is 10.2 Å². The minimum absolute atomic E-state index is 0.248. The van der Waals surface area contributed by atoms with Gasteiger partial charge in [-0.3, -0.25) is 5.10 Å². The molecule has 1 fully saturated rings. The van der Waals surface area contributed by atoms with E-state index < -0.39 is 67.1 Å². The maximum absolute atomic E-state index is 14.0. The fraction of sp³-hybridized carbons (Fsp3) is 0.550. The van der Waals surface area contributed by atoms with Gasteiger partial charge in [0.2, 0.25) is 12.2 Å². The second-order valence-corrected chi connectivity index (χ2v) is 7.10. The van der Waals surface area contributed by atoms with Gasteiger partial charge in [0.25, 0.3) is 0 Å². The molecule has 2 rings (SSSR count). The Morgan fingerprint density at radius 2 is 2.03 bits per heavy atom. The van der Waals surface area contributed by atoms with Crippen molar-refractivity contribution >= 4 is 0 Å². The third-order valence-electron chi connectivity index (χ3n) is 4.78. The summed E-state index contributed by atoms with van der Waals surface area (Å²) in [6.45, 7) is 4.64. The summed E-state index contributed by atoms with van der Waals surface area (Å²) < 4.78 is 70.0. The molecule has 1 aliphatic heterocycles. The van der Waals surface area contributed by atoms with E-state index in [4.69, 9.17) is 14.2 Å². The predicted molar refractivity (Wildman–Crippen MR) is 104 cm³/mol. The number of aromatic nitrogens is 2. The van der Waals surface area contributed by atoms with Gasteiger partial charge in [0, 0.05) is 12.8 Å². The van der Waals surface area contributed by atoms with Crippen molar-refractivity contribution in [2.45, 2.75) is 56.7 Å². The number of aliphatic hydroxyl groups excluding tert-OH is 3. The SMILES string of the molecule is C=C(/C=C\C(=C/C)OC)Cc1c(OC2OC(CO)C(F)CC(O)C2O)n[nH]c1C(F)(F)F. The fourth-order valence-corrected chi connectivity index (χ4v) is 3.02. The van der Waals surface area contributed by atoms with E-state index in [1.807, 2.05) is 5.10 Å². The number of rotatable bonds is 8. The van der Waals surface area contributed by atoms with Gasteiger partial charge in [-0.2, -0.15) is 13.2 Å². The summed E-state index contributed by atoms with van der Waals surface area (Å²) in [6.07, 6.45) is -9.61. The number of nitrogens with zero attached hydrogens (tertiary/aromatic N) is 1. The van der Waals surface area contributed by atoms with Crippen molar-refractivity contribution < 1.29 is 47.1 Å². The van der Waals surface area contributed by atoms with E-state index in [0.29, 0.717) is 5.76 Å². The largest absolute Gasteiger partial charge is 0.497 e. The quantitative estimate of drug-likeness (QED) is 0.264.